The van der Waals surface area contributed by atoms with Gasteiger partial charge in [-0.15, -0.1) is 0 Å². The van der Waals surface area contributed by atoms with Crippen LogP contribution in [0.4, 0.5) is 4.79 Å². The third-order valence-electron chi connectivity index (χ3n) is 6.38. The van der Waals surface area contributed by atoms with Crippen LogP contribution in [0.5, 0.6) is 0 Å². The fraction of sp³-hybridized carbons (Fsp3) is 0.609. The molecule has 0 spiro atoms. The van der Waals surface area contributed by atoms with E-state index in [0.29, 0.717) is 38.5 Å². The van der Waals surface area contributed by atoms with E-state index in [1.165, 1.54) is 6.42 Å². The van der Waals surface area contributed by atoms with Crippen LogP contribution in [0.2, 0.25) is 0 Å². The van der Waals surface area contributed by atoms with Crippen LogP contribution in [-0.4, -0.2) is 66.4 Å². The number of hydrogen-bond acceptors (Lipinski definition) is 4. The Morgan fingerprint density at radius 3 is 2.43 bits per heavy atom. The molecule has 1 aliphatic carbocycles. The van der Waals surface area contributed by atoms with Gasteiger partial charge in [-0.05, 0) is 36.8 Å². The molecule has 1 aliphatic heterocycles. The van der Waals surface area contributed by atoms with E-state index in [9.17, 15) is 14.4 Å². The van der Waals surface area contributed by atoms with Crippen LogP contribution in [0.1, 0.15) is 43.7 Å². The van der Waals surface area contributed by atoms with Crippen molar-refractivity contribution in [1.29, 1.82) is 0 Å². The lowest BCUT2D eigenvalue weighted by atomic mass is 9.86. The Labute approximate surface area is 179 Å². The third kappa shape index (κ3) is 6.29. The number of carbonyl (C=O) groups excluding carboxylic acids is 3. The predicted molar refractivity (Wildman–Crippen MR) is 116 cm³/mol. The van der Waals surface area contributed by atoms with Gasteiger partial charge in [0.15, 0.2) is 0 Å². The summed E-state index contributed by atoms with van der Waals surface area (Å²) in [5.41, 5.74) is 2.18. The minimum atomic E-state index is -0.397. The zero-order valence-corrected chi connectivity index (χ0v) is 18.2. The molecule has 7 nitrogen and oxygen atoms in total. The van der Waals surface area contributed by atoms with Crippen molar-refractivity contribution in [3.05, 3.63) is 35.4 Å². The predicted octanol–water partition coefficient (Wildman–Crippen LogP) is 2.09. The van der Waals surface area contributed by atoms with Crippen molar-refractivity contribution >= 4 is 17.8 Å². The number of benzene rings is 1. The van der Waals surface area contributed by atoms with E-state index >= 15 is 0 Å². The van der Waals surface area contributed by atoms with Crippen molar-refractivity contribution in [3.8, 4) is 0 Å². The standard InChI is InChI=1S/C23H34N4O3/c1-17-7-3-5-9-19(17)15-22(29)27-13-11-26(12-14-27)16-21(28)25-23(30)24-20-10-6-4-8-18(20)2/h3,5,7,9,18,20H,4,6,8,10-16H2,1-2H3,(H2,24,25,28,30). The minimum Gasteiger partial charge on any atom is -0.340 e. The highest BCUT2D eigenvalue weighted by atomic mass is 16.2. The first-order valence-electron chi connectivity index (χ1n) is 11.1. The number of carbonyl (C=O) groups is 3. The molecule has 0 aromatic heterocycles. The van der Waals surface area contributed by atoms with Gasteiger partial charge in [0.2, 0.25) is 11.8 Å². The van der Waals surface area contributed by atoms with Crippen LogP contribution in [0.25, 0.3) is 0 Å². The molecule has 1 heterocycles. The van der Waals surface area contributed by atoms with Crippen molar-refractivity contribution in [2.75, 3.05) is 32.7 Å². The van der Waals surface area contributed by atoms with Crippen LogP contribution < -0.4 is 10.6 Å². The van der Waals surface area contributed by atoms with Gasteiger partial charge >= 0.3 is 6.03 Å². The smallest absolute Gasteiger partial charge is 0.321 e. The van der Waals surface area contributed by atoms with Crippen molar-refractivity contribution in [3.63, 3.8) is 0 Å². The highest BCUT2D eigenvalue weighted by molar-refractivity contribution is 5.95. The van der Waals surface area contributed by atoms with E-state index in [4.69, 9.17) is 0 Å². The number of urea groups is 1. The van der Waals surface area contributed by atoms with Gasteiger partial charge in [0.1, 0.15) is 0 Å². The number of rotatable bonds is 5. The lowest BCUT2D eigenvalue weighted by Gasteiger charge is -2.34. The normalized spacial score (nSPS) is 22.4. The van der Waals surface area contributed by atoms with E-state index in [1.54, 1.807) is 0 Å². The van der Waals surface area contributed by atoms with Crippen molar-refractivity contribution in [2.24, 2.45) is 5.92 Å². The maximum absolute atomic E-state index is 12.6. The Hall–Kier alpha value is -2.41. The maximum atomic E-state index is 12.6. The van der Waals surface area contributed by atoms with Gasteiger partial charge in [0.05, 0.1) is 13.0 Å². The molecule has 164 valence electrons. The number of amides is 4. The first-order valence-corrected chi connectivity index (χ1v) is 11.1. The Bertz CT molecular complexity index is 759. The number of imide groups is 1. The lowest BCUT2D eigenvalue weighted by Crippen LogP contribution is -2.53. The molecule has 2 N–H and O–H groups in total. The third-order valence-corrected chi connectivity index (χ3v) is 6.38. The highest BCUT2D eigenvalue weighted by Crippen LogP contribution is 2.23. The van der Waals surface area contributed by atoms with E-state index in [-0.39, 0.29) is 24.4 Å². The summed E-state index contributed by atoms with van der Waals surface area (Å²) in [4.78, 5) is 40.8. The first-order chi connectivity index (χ1) is 14.4. The average molecular weight is 415 g/mol. The summed E-state index contributed by atoms with van der Waals surface area (Å²) >= 11 is 0. The molecule has 1 aromatic carbocycles. The molecule has 2 unspecified atom stereocenters. The molecule has 0 bridgehead atoms. The summed E-state index contributed by atoms with van der Waals surface area (Å²) in [6.07, 6.45) is 4.83. The molecule has 7 heteroatoms. The Balaban J connectivity index is 1.37. The molecule has 0 radical (unpaired) electrons. The molecule has 2 aliphatic rings. The molecule has 3 rings (SSSR count). The Kier molecular flexibility index (Phi) is 7.85. The van der Waals surface area contributed by atoms with Crippen molar-refractivity contribution < 1.29 is 14.4 Å². The van der Waals surface area contributed by atoms with Crippen molar-refractivity contribution in [2.45, 2.75) is 52.0 Å². The molecule has 1 saturated heterocycles. The number of nitrogens with zero attached hydrogens (tertiary/aromatic N) is 2. The molecular formula is C23H34N4O3. The number of hydrogen-bond donors (Lipinski definition) is 2. The second kappa shape index (κ2) is 10.6. The van der Waals surface area contributed by atoms with Gasteiger partial charge in [0.25, 0.3) is 0 Å². The van der Waals surface area contributed by atoms with Crippen LogP contribution >= 0.6 is 0 Å². The quantitative estimate of drug-likeness (QED) is 0.773. The fourth-order valence-electron chi connectivity index (χ4n) is 4.34. The highest BCUT2D eigenvalue weighted by Gasteiger charge is 2.25. The lowest BCUT2D eigenvalue weighted by molar-refractivity contribution is -0.132. The molecule has 2 atom stereocenters. The fourth-order valence-corrected chi connectivity index (χ4v) is 4.34. The molecule has 30 heavy (non-hydrogen) atoms. The van der Waals surface area contributed by atoms with Gasteiger partial charge in [-0.2, -0.15) is 0 Å². The molecular weight excluding hydrogens is 380 g/mol. The summed E-state index contributed by atoms with van der Waals surface area (Å²) < 4.78 is 0. The minimum absolute atomic E-state index is 0.120. The summed E-state index contributed by atoms with van der Waals surface area (Å²) in [5.74, 6) is 0.273. The number of aryl methyl sites for hydroxylation is 1. The largest absolute Gasteiger partial charge is 0.340 e. The van der Waals surface area contributed by atoms with Gasteiger partial charge in [0, 0.05) is 32.2 Å². The molecule has 1 aromatic rings. The molecule has 2 fully saturated rings. The monoisotopic (exact) mass is 414 g/mol. The zero-order chi connectivity index (χ0) is 21.5. The average Bonchev–Trinajstić information content (AvgIpc) is 2.72. The second-order valence-electron chi connectivity index (χ2n) is 8.65. The second-order valence-corrected chi connectivity index (χ2v) is 8.65. The van der Waals surface area contributed by atoms with Crippen LogP contribution in [0.3, 0.4) is 0 Å². The summed E-state index contributed by atoms with van der Waals surface area (Å²) in [6, 6.07) is 7.69. The summed E-state index contributed by atoms with van der Waals surface area (Å²) in [6.45, 7) is 6.81. The van der Waals surface area contributed by atoms with Gasteiger partial charge in [-0.3, -0.25) is 19.8 Å². The van der Waals surface area contributed by atoms with E-state index in [1.807, 2.05) is 41.0 Å². The molecule has 1 saturated carbocycles. The number of piperazine rings is 1. The Morgan fingerprint density at radius 2 is 1.73 bits per heavy atom. The SMILES string of the molecule is Cc1ccccc1CC(=O)N1CCN(CC(=O)NC(=O)NC2CCCCC2C)CC1. The van der Waals surface area contributed by atoms with Crippen LogP contribution in [0, 0.1) is 12.8 Å². The molecule has 4 amide bonds. The van der Waals surface area contributed by atoms with Gasteiger partial charge < -0.3 is 10.2 Å². The topological polar surface area (TPSA) is 81.8 Å². The Morgan fingerprint density at radius 1 is 1.03 bits per heavy atom. The van der Waals surface area contributed by atoms with Crippen LogP contribution in [0.15, 0.2) is 24.3 Å². The summed E-state index contributed by atoms with van der Waals surface area (Å²) in [7, 11) is 0. The van der Waals surface area contributed by atoms with E-state index in [0.717, 1.165) is 30.4 Å². The van der Waals surface area contributed by atoms with E-state index in [2.05, 4.69) is 17.6 Å². The van der Waals surface area contributed by atoms with Crippen molar-refractivity contribution in [1.82, 2.24) is 20.4 Å². The number of nitrogens with one attached hydrogen (secondary N) is 2. The van der Waals surface area contributed by atoms with Crippen LogP contribution in [-0.2, 0) is 16.0 Å². The summed E-state index contributed by atoms with van der Waals surface area (Å²) in [5, 5.41) is 5.40. The first kappa shape index (κ1) is 22.3. The maximum Gasteiger partial charge on any atom is 0.321 e. The van der Waals surface area contributed by atoms with E-state index < -0.39 is 6.03 Å². The zero-order valence-electron chi connectivity index (χ0n) is 18.2. The van der Waals surface area contributed by atoms with Gasteiger partial charge in [-0.1, -0.05) is 44.0 Å². The van der Waals surface area contributed by atoms with Gasteiger partial charge in [-0.25, -0.2) is 4.79 Å².